The molecule has 0 atom stereocenters. The van der Waals surface area contributed by atoms with Gasteiger partial charge in [-0.25, -0.2) is 4.79 Å². The maximum absolute atomic E-state index is 12.7. The van der Waals surface area contributed by atoms with Gasteiger partial charge in [0.05, 0.1) is 6.61 Å². The van der Waals surface area contributed by atoms with Gasteiger partial charge in [0.25, 0.3) is 0 Å². The van der Waals surface area contributed by atoms with Gasteiger partial charge in [0.2, 0.25) is 0 Å². The van der Waals surface area contributed by atoms with Gasteiger partial charge in [-0.2, -0.15) is 8.78 Å². The zero-order valence-electron chi connectivity index (χ0n) is 8.86. The summed E-state index contributed by atoms with van der Waals surface area (Å²) in [6, 6.07) is 0. The molecule has 0 aromatic heterocycles. The van der Waals surface area contributed by atoms with E-state index >= 15 is 0 Å². The molecular weight excluding hydrogens is 246 g/mol. The molecule has 16 heavy (non-hydrogen) atoms. The van der Waals surface area contributed by atoms with Crippen LogP contribution in [0.2, 0.25) is 0 Å². The van der Waals surface area contributed by atoms with Crippen LogP contribution in [0.5, 0.6) is 0 Å². The van der Waals surface area contributed by atoms with Crippen LogP contribution in [0.4, 0.5) is 8.78 Å². The first-order valence-electron chi connectivity index (χ1n) is 4.78. The van der Waals surface area contributed by atoms with Gasteiger partial charge in [-0.15, -0.1) is 0 Å². The largest absolute Gasteiger partial charge is 0.460 e. The summed E-state index contributed by atoms with van der Waals surface area (Å²) in [6.07, 6.45) is 2.98. The van der Waals surface area contributed by atoms with E-state index in [-0.39, 0.29) is 6.61 Å². The molecule has 5 nitrogen and oxygen atoms in total. The van der Waals surface area contributed by atoms with Crippen molar-refractivity contribution in [3.63, 3.8) is 0 Å². The summed E-state index contributed by atoms with van der Waals surface area (Å²) in [7, 11) is -5.26. The van der Waals surface area contributed by atoms with Gasteiger partial charge in [-0.05, 0) is 6.42 Å². The Hall–Kier alpha value is -0.440. The molecule has 0 radical (unpaired) electrons. The topological polar surface area (TPSA) is 87.0 Å². The summed E-state index contributed by atoms with van der Waals surface area (Å²) in [5.41, 5.74) is 0. The molecule has 0 aliphatic rings. The Kier molecular flexibility index (Phi) is 6.16. The van der Waals surface area contributed by atoms with Crippen molar-refractivity contribution in [3.8, 4) is 0 Å². The maximum Gasteiger partial charge on any atom is 0.436 e. The quantitative estimate of drug-likeness (QED) is 0.485. The molecule has 0 bridgehead atoms. The molecule has 3 N–H and O–H groups in total. The van der Waals surface area contributed by atoms with Crippen molar-refractivity contribution in [3.05, 3.63) is 0 Å². The normalized spacial score (nSPS) is 13.6. The van der Waals surface area contributed by atoms with Crippen LogP contribution in [0.3, 0.4) is 0 Å². The van der Waals surface area contributed by atoms with E-state index in [4.69, 9.17) is 13.7 Å². The minimum atomic E-state index is -5.26. The molecule has 0 saturated heterocycles. The first kappa shape index (κ1) is 15.6. The molecular formula is C8H16F2O5S. The number of alkyl halides is 2. The predicted octanol–water partition coefficient (Wildman–Crippen LogP) is 2.93. The van der Waals surface area contributed by atoms with E-state index < -0.39 is 22.1 Å². The van der Waals surface area contributed by atoms with E-state index in [1.165, 1.54) is 0 Å². The monoisotopic (exact) mass is 262 g/mol. The minimum Gasteiger partial charge on any atom is -0.460 e. The smallest absolute Gasteiger partial charge is 0.436 e. The summed E-state index contributed by atoms with van der Waals surface area (Å²) < 4.78 is 54.5. The fourth-order valence-electron chi connectivity index (χ4n) is 0.890. The zero-order valence-corrected chi connectivity index (χ0v) is 9.67. The Morgan fingerprint density at radius 2 is 1.81 bits per heavy atom. The Bertz CT molecular complexity index is 229. The van der Waals surface area contributed by atoms with Crippen molar-refractivity contribution in [1.82, 2.24) is 0 Å². The van der Waals surface area contributed by atoms with E-state index in [0.29, 0.717) is 6.42 Å². The maximum atomic E-state index is 12.7. The average Bonchev–Trinajstić information content (AvgIpc) is 2.15. The fourth-order valence-corrected chi connectivity index (χ4v) is 1.17. The van der Waals surface area contributed by atoms with Crippen molar-refractivity contribution in [2.45, 2.75) is 37.9 Å². The second-order valence-corrected chi connectivity index (χ2v) is 4.78. The van der Waals surface area contributed by atoms with Gasteiger partial charge in [0.1, 0.15) is 0 Å². The van der Waals surface area contributed by atoms with Crippen LogP contribution in [0.15, 0.2) is 0 Å². The molecule has 8 heteroatoms. The number of hydrogen-bond donors (Lipinski definition) is 3. The predicted molar refractivity (Wildman–Crippen MR) is 55.5 cm³/mol. The Balaban J connectivity index is 3.98. The van der Waals surface area contributed by atoms with Crippen molar-refractivity contribution in [2.24, 2.45) is 0 Å². The van der Waals surface area contributed by atoms with Crippen LogP contribution in [0.25, 0.3) is 0 Å². The summed E-state index contributed by atoms with van der Waals surface area (Å²) in [5, 5.41) is -4.67. The molecule has 0 fully saturated rings. The third kappa shape index (κ3) is 4.60. The molecule has 0 aromatic carbocycles. The van der Waals surface area contributed by atoms with Gasteiger partial charge >= 0.3 is 11.2 Å². The van der Waals surface area contributed by atoms with Gasteiger partial charge in [0.15, 0.2) is 10.9 Å². The summed E-state index contributed by atoms with van der Waals surface area (Å²) in [4.78, 5) is 10.7. The van der Waals surface area contributed by atoms with Crippen molar-refractivity contribution in [1.29, 1.82) is 0 Å². The van der Waals surface area contributed by atoms with Gasteiger partial charge in [-0.1, -0.05) is 26.2 Å². The van der Waals surface area contributed by atoms with Crippen LogP contribution < -0.4 is 0 Å². The second-order valence-electron chi connectivity index (χ2n) is 3.23. The van der Waals surface area contributed by atoms with E-state index in [1.54, 1.807) is 0 Å². The van der Waals surface area contributed by atoms with Crippen LogP contribution >= 0.6 is 10.9 Å². The van der Waals surface area contributed by atoms with Gasteiger partial charge in [0, 0.05) is 0 Å². The third-order valence-corrected chi connectivity index (χ3v) is 2.67. The molecule has 0 unspecified atom stereocenters. The van der Waals surface area contributed by atoms with Crippen LogP contribution in [0.1, 0.15) is 32.6 Å². The standard InChI is InChI=1S/C8H16F2O5S/c1-2-3-4-5-6-15-7(11)8(9,10)16(12,13)14/h12-14H,2-6H2,1H3. The second kappa shape index (κ2) is 6.33. The highest BCUT2D eigenvalue weighted by molar-refractivity contribution is 8.20. The van der Waals surface area contributed by atoms with Crippen molar-refractivity contribution >= 4 is 16.8 Å². The average molecular weight is 262 g/mol. The lowest BCUT2D eigenvalue weighted by molar-refractivity contribution is -0.162. The molecule has 0 amide bonds. The van der Waals surface area contributed by atoms with E-state index in [0.717, 1.165) is 19.3 Å². The van der Waals surface area contributed by atoms with Gasteiger partial charge in [-0.3, -0.25) is 0 Å². The molecule has 0 spiro atoms. The number of ether oxygens (including phenoxy) is 1. The van der Waals surface area contributed by atoms with Gasteiger partial charge < -0.3 is 18.4 Å². The van der Waals surface area contributed by atoms with E-state index in [9.17, 15) is 13.6 Å². The molecule has 0 aromatic rings. The number of unbranched alkanes of at least 4 members (excludes halogenated alkanes) is 3. The van der Waals surface area contributed by atoms with Crippen LogP contribution in [-0.4, -0.2) is 31.5 Å². The summed E-state index contributed by atoms with van der Waals surface area (Å²) in [5.74, 6) is -2.12. The first-order valence-corrected chi connectivity index (χ1v) is 6.29. The zero-order chi connectivity index (χ0) is 12.8. The Labute approximate surface area is 94.0 Å². The molecule has 98 valence electrons. The number of carbonyl (C=O) groups is 1. The highest BCUT2D eigenvalue weighted by Crippen LogP contribution is 2.51. The highest BCUT2D eigenvalue weighted by atomic mass is 32.3. The molecule has 0 aliphatic carbocycles. The number of halogens is 2. The lowest BCUT2D eigenvalue weighted by Gasteiger charge is -2.26. The highest BCUT2D eigenvalue weighted by Gasteiger charge is 2.56. The van der Waals surface area contributed by atoms with Crippen molar-refractivity contribution < 1.29 is 32.0 Å². The van der Waals surface area contributed by atoms with Crippen LogP contribution in [0, 0.1) is 0 Å². The third-order valence-electron chi connectivity index (χ3n) is 1.81. The molecule has 0 aliphatic heterocycles. The van der Waals surface area contributed by atoms with E-state index in [2.05, 4.69) is 4.74 Å². The lowest BCUT2D eigenvalue weighted by Crippen LogP contribution is -2.36. The number of carbonyl (C=O) groups excluding carboxylic acids is 1. The number of hydrogen-bond acceptors (Lipinski definition) is 5. The molecule has 0 rings (SSSR count). The number of esters is 1. The Morgan fingerprint density at radius 1 is 1.25 bits per heavy atom. The van der Waals surface area contributed by atoms with E-state index in [1.807, 2.05) is 6.92 Å². The van der Waals surface area contributed by atoms with Crippen molar-refractivity contribution in [2.75, 3.05) is 6.61 Å². The minimum absolute atomic E-state index is 0.232. The number of rotatable bonds is 7. The lowest BCUT2D eigenvalue weighted by atomic mass is 10.2. The summed E-state index contributed by atoms with van der Waals surface area (Å²) >= 11 is 0. The molecule has 0 saturated carbocycles. The summed E-state index contributed by atoms with van der Waals surface area (Å²) in [6.45, 7) is 1.73. The van der Waals surface area contributed by atoms with Crippen LogP contribution in [-0.2, 0) is 9.53 Å². The molecule has 0 heterocycles. The first-order chi connectivity index (χ1) is 7.23. The SMILES string of the molecule is CCCCCCOC(=O)C(F)(F)S(O)(O)O. The Morgan fingerprint density at radius 3 is 2.25 bits per heavy atom. The fraction of sp³-hybridized carbons (Fsp3) is 0.875.